The number of likely N-dealkylation sites (N-methyl/N-ethyl adjacent to an activating group) is 2. The van der Waals surface area contributed by atoms with Crippen LogP contribution in [0.1, 0.15) is 13.8 Å². The van der Waals surface area contributed by atoms with Crippen LogP contribution >= 0.6 is 0 Å². The second-order valence-corrected chi connectivity index (χ2v) is 3.61. The van der Waals surface area contributed by atoms with Gasteiger partial charge in [-0.05, 0) is 26.5 Å². The van der Waals surface area contributed by atoms with Gasteiger partial charge in [-0.25, -0.2) is 0 Å². The molecule has 0 bridgehead atoms. The van der Waals surface area contributed by atoms with Gasteiger partial charge in [0.1, 0.15) is 0 Å². The normalized spacial score (nSPS) is 24.6. The Morgan fingerprint density at radius 3 is 2.71 bits per heavy atom. The highest BCUT2D eigenvalue weighted by molar-refractivity contribution is 5.35. The van der Waals surface area contributed by atoms with E-state index < -0.39 is 0 Å². The van der Waals surface area contributed by atoms with Crippen molar-refractivity contribution in [3.8, 4) is 0 Å². The van der Waals surface area contributed by atoms with Crippen LogP contribution in [0.2, 0.25) is 0 Å². The fourth-order valence-electron chi connectivity index (χ4n) is 1.91. The molecular formula is C12H20N2. The average molecular weight is 192 g/mol. The van der Waals surface area contributed by atoms with Crippen molar-refractivity contribution in [1.29, 1.82) is 0 Å². The van der Waals surface area contributed by atoms with E-state index >= 15 is 0 Å². The Morgan fingerprint density at radius 1 is 1.50 bits per heavy atom. The van der Waals surface area contributed by atoms with E-state index in [9.17, 15) is 0 Å². The molecule has 14 heavy (non-hydrogen) atoms. The summed E-state index contributed by atoms with van der Waals surface area (Å²) in [5.41, 5.74) is 2.71. The van der Waals surface area contributed by atoms with Gasteiger partial charge in [-0.1, -0.05) is 24.8 Å². The standard InChI is InChI=1S/C12H20N2/c1-5-8-11-9-13(4)10-14(7-3)12(11)6-2/h5-6,8H,1,7,9-10H2,2-4H3/b11-8-,12-6+. The Bertz CT molecular complexity index is 263. The SMILES string of the molecule is C=C/C=C1/CN(C)CN(CC)/C1=C/C. The number of rotatable bonds is 2. The predicted octanol–water partition coefficient (Wildman–Crippen LogP) is 2.23. The molecule has 78 valence electrons. The molecule has 0 atom stereocenters. The third-order valence-electron chi connectivity index (χ3n) is 2.50. The summed E-state index contributed by atoms with van der Waals surface area (Å²) >= 11 is 0. The van der Waals surface area contributed by atoms with E-state index in [-0.39, 0.29) is 0 Å². The number of hydrogen-bond acceptors (Lipinski definition) is 2. The average Bonchev–Trinajstić information content (AvgIpc) is 2.17. The lowest BCUT2D eigenvalue weighted by atomic mass is 10.1. The first-order valence-corrected chi connectivity index (χ1v) is 5.14. The molecule has 1 aliphatic heterocycles. The molecule has 0 aromatic rings. The van der Waals surface area contributed by atoms with E-state index in [1.165, 1.54) is 11.3 Å². The summed E-state index contributed by atoms with van der Waals surface area (Å²) in [4.78, 5) is 4.69. The van der Waals surface area contributed by atoms with Crippen molar-refractivity contribution in [2.75, 3.05) is 26.8 Å². The lowest BCUT2D eigenvalue weighted by molar-refractivity contribution is 0.181. The van der Waals surface area contributed by atoms with E-state index in [4.69, 9.17) is 0 Å². The molecule has 1 rings (SSSR count). The monoisotopic (exact) mass is 192 g/mol. The molecular weight excluding hydrogens is 172 g/mol. The van der Waals surface area contributed by atoms with Gasteiger partial charge in [0.15, 0.2) is 0 Å². The van der Waals surface area contributed by atoms with E-state index in [1.807, 2.05) is 6.08 Å². The lowest BCUT2D eigenvalue weighted by Crippen LogP contribution is -2.42. The van der Waals surface area contributed by atoms with Crippen LogP contribution in [0, 0.1) is 0 Å². The molecule has 0 aliphatic carbocycles. The Labute approximate surface area is 87.2 Å². The Hall–Kier alpha value is -1.02. The van der Waals surface area contributed by atoms with E-state index in [0.717, 1.165) is 19.8 Å². The third-order valence-corrected chi connectivity index (χ3v) is 2.50. The zero-order valence-corrected chi connectivity index (χ0v) is 9.45. The molecule has 0 amide bonds. The summed E-state index contributed by atoms with van der Waals surface area (Å²) in [6, 6.07) is 0. The maximum absolute atomic E-state index is 3.76. The zero-order chi connectivity index (χ0) is 10.6. The van der Waals surface area contributed by atoms with Crippen LogP contribution in [0.4, 0.5) is 0 Å². The third kappa shape index (κ3) is 2.26. The van der Waals surface area contributed by atoms with Crippen molar-refractivity contribution in [1.82, 2.24) is 9.80 Å². The predicted molar refractivity (Wildman–Crippen MR) is 61.9 cm³/mol. The van der Waals surface area contributed by atoms with Gasteiger partial charge in [0.2, 0.25) is 0 Å². The van der Waals surface area contributed by atoms with Crippen LogP contribution in [-0.2, 0) is 0 Å². The van der Waals surface area contributed by atoms with Gasteiger partial charge < -0.3 is 4.90 Å². The molecule has 0 aromatic carbocycles. The number of allylic oxidation sites excluding steroid dienone is 3. The Balaban J connectivity index is 2.93. The minimum absolute atomic E-state index is 1.02. The number of hydrogen-bond donors (Lipinski definition) is 0. The molecule has 1 saturated heterocycles. The fourth-order valence-corrected chi connectivity index (χ4v) is 1.91. The first-order chi connectivity index (χ1) is 6.72. The molecule has 2 nitrogen and oxygen atoms in total. The summed E-state index contributed by atoms with van der Waals surface area (Å²) in [5, 5.41) is 0. The second-order valence-electron chi connectivity index (χ2n) is 3.61. The maximum Gasteiger partial charge on any atom is 0.0707 e. The molecule has 0 spiro atoms. The number of nitrogens with zero attached hydrogens (tertiary/aromatic N) is 2. The van der Waals surface area contributed by atoms with Crippen LogP contribution in [0.15, 0.2) is 36.1 Å². The summed E-state index contributed by atoms with van der Waals surface area (Å²) < 4.78 is 0. The molecule has 0 aromatic heterocycles. The van der Waals surface area contributed by atoms with Crippen LogP contribution in [0.5, 0.6) is 0 Å². The van der Waals surface area contributed by atoms with Gasteiger partial charge >= 0.3 is 0 Å². The quantitative estimate of drug-likeness (QED) is 0.662. The van der Waals surface area contributed by atoms with Crippen molar-refractivity contribution >= 4 is 0 Å². The van der Waals surface area contributed by atoms with Crippen molar-refractivity contribution in [3.63, 3.8) is 0 Å². The van der Waals surface area contributed by atoms with Crippen molar-refractivity contribution in [3.05, 3.63) is 36.1 Å². The van der Waals surface area contributed by atoms with Gasteiger partial charge in [0.25, 0.3) is 0 Å². The molecule has 0 N–H and O–H groups in total. The molecule has 2 heteroatoms. The zero-order valence-electron chi connectivity index (χ0n) is 9.45. The van der Waals surface area contributed by atoms with Crippen LogP contribution < -0.4 is 0 Å². The maximum atomic E-state index is 3.76. The molecule has 1 heterocycles. The second kappa shape index (κ2) is 5.01. The van der Waals surface area contributed by atoms with Gasteiger partial charge in [-0.15, -0.1) is 0 Å². The van der Waals surface area contributed by atoms with E-state index in [1.54, 1.807) is 0 Å². The van der Waals surface area contributed by atoms with Gasteiger partial charge in [0, 0.05) is 18.8 Å². The van der Waals surface area contributed by atoms with E-state index in [0.29, 0.717) is 0 Å². The molecule has 0 unspecified atom stereocenters. The highest BCUT2D eigenvalue weighted by Gasteiger charge is 2.19. The van der Waals surface area contributed by atoms with E-state index in [2.05, 4.69) is 49.4 Å². The highest BCUT2D eigenvalue weighted by Crippen LogP contribution is 2.21. The first-order valence-electron chi connectivity index (χ1n) is 5.14. The molecule has 1 fully saturated rings. The fraction of sp³-hybridized carbons (Fsp3) is 0.500. The Morgan fingerprint density at radius 2 is 2.21 bits per heavy atom. The minimum atomic E-state index is 1.02. The largest absolute Gasteiger partial charge is 0.359 e. The smallest absolute Gasteiger partial charge is 0.0707 e. The van der Waals surface area contributed by atoms with Crippen LogP contribution in [0.25, 0.3) is 0 Å². The lowest BCUT2D eigenvalue weighted by Gasteiger charge is -2.38. The van der Waals surface area contributed by atoms with Crippen molar-refractivity contribution in [2.24, 2.45) is 0 Å². The summed E-state index contributed by atoms with van der Waals surface area (Å²) in [7, 11) is 2.14. The highest BCUT2D eigenvalue weighted by atomic mass is 15.3. The summed E-state index contributed by atoms with van der Waals surface area (Å²) in [6.07, 6.45) is 6.16. The molecule has 0 radical (unpaired) electrons. The van der Waals surface area contributed by atoms with Crippen LogP contribution in [-0.4, -0.2) is 36.6 Å². The van der Waals surface area contributed by atoms with Crippen molar-refractivity contribution in [2.45, 2.75) is 13.8 Å². The summed E-state index contributed by atoms with van der Waals surface area (Å²) in [5.74, 6) is 0. The summed E-state index contributed by atoms with van der Waals surface area (Å²) in [6.45, 7) is 11.1. The van der Waals surface area contributed by atoms with Crippen molar-refractivity contribution < 1.29 is 0 Å². The van der Waals surface area contributed by atoms with Gasteiger partial charge in [0.05, 0.1) is 6.67 Å². The topological polar surface area (TPSA) is 6.48 Å². The Kier molecular flexibility index (Phi) is 3.96. The minimum Gasteiger partial charge on any atom is -0.359 e. The van der Waals surface area contributed by atoms with Crippen LogP contribution in [0.3, 0.4) is 0 Å². The molecule has 1 aliphatic rings. The first kappa shape index (κ1) is 11.1. The van der Waals surface area contributed by atoms with Gasteiger partial charge in [-0.3, -0.25) is 4.90 Å². The molecule has 0 saturated carbocycles. The van der Waals surface area contributed by atoms with Gasteiger partial charge in [-0.2, -0.15) is 0 Å².